The summed E-state index contributed by atoms with van der Waals surface area (Å²) in [4.78, 5) is 0. The zero-order valence-electron chi connectivity index (χ0n) is 15.1. The lowest BCUT2D eigenvalue weighted by Crippen LogP contribution is -2.07. The van der Waals surface area contributed by atoms with E-state index in [2.05, 4.69) is 0 Å². The van der Waals surface area contributed by atoms with E-state index in [9.17, 15) is 9.50 Å². The minimum absolute atomic E-state index is 0.0903. The summed E-state index contributed by atoms with van der Waals surface area (Å²) >= 11 is 0. The van der Waals surface area contributed by atoms with Gasteiger partial charge in [-0.2, -0.15) is 5.26 Å². The highest BCUT2D eigenvalue weighted by Gasteiger charge is 2.21. The fraction of sp³-hybridized carbons (Fsp3) is 0.286. The second-order valence-corrected chi connectivity index (χ2v) is 5.98. The van der Waals surface area contributed by atoms with Crippen LogP contribution in [0, 0.1) is 17.1 Å². The Bertz CT molecular complexity index is 821. The van der Waals surface area contributed by atoms with Gasteiger partial charge in [0.2, 0.25) is 0 Å². The minimum Gasteiger partial charge on any atom is -0.493 e. The number of methoxy groups -OCH3 is 1. The van der Waals surface area contributed by atoms with E-state index in [0.29, 0.717) is 17.1 Å². The van der Waals surface area contributed by atoms with E-state index in [1.165, 1.54) is 18.2 Å². The van der Waals surface area contributed by atoms with Gasteiger partial charge in [0.05, 0.1) is 19.8 Å². The zero-order valence-corrected chi connectivity index (χ0v) is 15.1. The van der Waals surface area contributed by atoms with Crippen molar-refractivity contribution in [2.75, 3.05) is 20.3 Å². The Balaban J connectivity index is 2.87. The predicted molar refractivity (Wildman–Crippen MR) is 99.7 cm³/mol. The van der Waals surface area contributed by atoms with Crippen LogP contribution >= 0.6 is 0 Å². The molecule has 0 heterocycles. The molecular weight excluding hydrogens is 333 g/mol. The van der Waals surface area contributed by atoms with Crippen molar-refractivity contribution in [2.24, 2.45) is 0 Å². The van der Waals surface area contributed by atoms with Gasteiger partial charge in [0.25, 0.3) is 0 Å². The molecule has 0 bridgehead atoms. The van der Waals surface area contributed by atoms with Crippen molar-refractivity contribution in [3.8, 4) is 28.7 Å². The van der Waals surface area contributed by atoms with E-state index in [1.54, 1.807) is 25.3 Å². The molecule has 0 radical (unpaired) electrons. The van der Waals surface area contributed by atoms with Crippen LogP contribution in [-0.2, 0) is 0 Å². The van der Waals surface area contributed by atoms with Crippen LogP contribution in [0.3, 0.4) is 0 Å². The van der Waals surface area contributed by atoms with E-state index >= 15 is 0 Å². The molecule has 0 atom stereocenters. The molecule has 136 valence electrons. The highest BCUT2D eigenvalue weighted by molar-refractivity contribution is 5.85. The molecule has 2 aromatic rings. The molecule has 2 rings (SSSR count). The first kappa shape index (κ1) is 19.5. The Labute approximate surface area is 153 Å². The number of aliphatic hydroxyl groups is 1. The first-order valence-electron chi connectivity index (χ1n) is 8.34. The molecule has 0 aliphatic rings. The summed E-state index contributed by atoms with van der Waals surface area (Å²) in [6.45, 7) is 4.02. The van der Waals surface area contributed by atoms with E-state index in [0.717, 1.165) is 16.7 Å². The van der Waals surface area contributed by atoms with Crippen molar-refractivity contribution < 1.29 is 19.0 Å². The smallest absolute Gasteiger partial charge is 0.169 e. The molecule has 0 saturated heterocycles. The quantitative estimate of drug-likeness (QED) is 0.741. The molecule has 0 saturated carbocycles. The van der Waals surface area contributed by atoms with Gasteiger partial charge in [-0.1, -0.05) is 26.0 Å². The first-order valence-corrected chi connectivity index (χ1v) is 8.34. The van der Waals surface area contributed by atoms with Crippen LogP contribution in [0.15, 0.2) is 36.4 Å². The van der Waals surface area contributed by atoms with Crippen LogP contribution in [0.4, 0.5) is 4.39 Å². The standard InChI is InChI=1S/C21H22FNO3/c1-14(2)18-13-19(25-3)21(26-12-11-24)20(17(18)5-4-10-23)15-6-8-16(22)9-7-15/h4-9,13-14,24H,11-12H2,1-3H3/b5-4+. The third-order valence-electron chi connectivity index (χ3n) is 3.95. The van der Waals surface area contributed by atoms with Gasteiger partial charge < -0.3 is 14.6 Å². The molecule has 4 nitrogen and oxygen atoms in total. The maximum atomic E-state index is 13.4. The largest absolute Gasteiger partial charge is 0.493 e. The van der Waals surface area contributed by atoms with Crippen LogP contribution in [-0.4, -0.2) is 25.4 Å². The van der Waals surface area contributed by atoms with Gasteiger partial charge in [0, 0.05) is 11.6 Å². The zero-order chi connectivity index (χ0) is 19.1. The van der Waals surface area contributed by atoms with Gasteiger partial charge in [-0.25, -0.2) is 4.39 Å². The lowest BCUT2D eigenvalue weighted by molar-refractivity contribution is 0.197. The first-order chi connectivity index (χ1) is 12.5. The monoisotopic (exact) mass is 355 g/mol. The van der Waals surface area contributed by atoms with Crippen molar-refractivity contribution in [2.45, 2.75) is 19.8 Å². The molecule has 2 aromatic carbocycles. The van der Waals surface area contributed by atoms with Crippen molar-refractivity contribution in [1.29, 1.82) is 5.26 Å². The average molecular weight is 355 g/mol. The molecule has 0 spiro atoms. The van der Waals surface area contributed by atoms with Crippen molar-refractivity contribution in [1.82, 2.24) is 0 Å². The van der Waals surface area contributed by atoms with Crippen LogP contribution in [0.5, 0.6) is 11.5 Å². The van der Waals surface area contributed by atoms with Gasteiger partial charge in [-0.15, -0.1) is 0 Å². The highest BCUT2D eigenvalue weighted by Crippen LogP contribution is 2.45. The van der Waals surface area contributed by atoms with E-state index < -0.39 is 0 Å². The number of nitriles is 1. The molecule has 0 aliphatic carbocycles. The molecule has 0 aliphatic heterocycles. The van der Waals surface area contributed by atoms with Crippen molar-refractivity contribution >= 4 is 6.08 Å². The Kier molecular flexibility index (Phi) is 6.76. The molecule has 0 amide bonds. The topological polar surface area (TPSA) is 62.5 Å². The maximum absolute atomic E-state index is 13.4. The van der Waals surface area contributed by atoms with Gasteiger partial charge in [0.15, 0.2) is 11.5 Å². The number of halogens is 1. The number of aliphatic hydroxyl groups excluding tert-OH is 1. The normalized spacial score (nSPS) is 11.0. The maximum Gasteiger partial charge on any atom is 0.169 e. The number of hydrogen-bond donors (Lipinski definition) is 1. The number of rotatable bonds is 7. The van der Waals surface area contributed by atoms with E-state index in [-0.39, 0.29) is 24.9 Å². The summed E-state index contributed by atoms with van der Waals surface area (Å²) in [7, 11) is 1.55. The third kappa shape index (κ3) is 4.22. The summed E-state index contributed by atoms with van der Waals surface area (Å²) in [6.07, 6.45) is 3.12. The Morgan fingerprint density at radius 2 is 1.96 bits per heavy atom. The molecule has 26 heavy (non-hydrogen) atoms. The fourth-order valence-electron chi connectivity index (χ4n) is 2.80. The lowest BCUT2D eigenvalue weighted by Gasteiger charge is -2.22. The van der Waals surface area contributed by atoms with Gasteiger partial charge in [-0.05, 0) is 46.9 Å². The number of nitrogens with zero attached hydrogens (tertiary/aromatic N) is 1. The van der Waals surface area contributed by atoms with Crippen molar-refractivity contribution in [3.05, 3.63) is 53.4 Å². The van der Waals surface area contributed by atoms with Gasteiger partial charge in [0.1, 0.15) is 12.4 Å². The number of hydrogen-bond acceptors (Lipinski definition) is 4. The van der Waals surface area contributed by atoms with Crippen LogP contribution in [0.2, 0.25) is 0 Å². The van der Waals surface area contributed by atoms with Gasteiger partial charge >= 0.3 is 0 Å². The fourth-order valence-corrected chi connectivity index (χ4v) is 2.80. The Hall–Kier alpha value is -2.84. The Morgan fingerprint density at radius 1 is 1.27 bits per heavy atom. The summed E-state index contributed by atoms with van der Waals surface area (Å²) < 4.78 is 24.7. The van der Waals surface area contributed by atoms with Crippen molar-refractivity contribution in [3.63, 3.8) is 0 Å². The SMILES string of the molecule is COc1cc(C(C)C)c(/C=C/C#N)c(-c2ccc(F)cc2)c1OCCO. The molecular formula is C21H22FNO3. The van der Waals surface area contributed by atoms with E-state index in [1.807, 2.05) is 26.0 Å². The number of benzene rings is 2. The Morgan fingerprint density at radius 3 is 2.50 bits per heavy atom. The molecule has 0 unspecified atom stereocenters. The molecule has 5 heteroatoms. The average Bonchev–Trinajstić information content (AvgIpc) is 2.64. The highest BCUT2D eigenvalue weighted by atomic mass is 19.1. The van der Waals surface area contributed by atoms with Crippen LogP contribution in [0.1, 0.15) is 30.9 Å². The van der Waals surface area contributed by atoms with Crippen LogP contribution in [0.25, 0.3) is 17.2 Å². The van der Waals surface area contributed by atoms with E-state index in [4.69, 9.17) is 14.7 Å². The summed E-state index contributed by atoms with van der Waals surface area (Å²) in [5.41, 5.74) is 3.22. The van der Waals surface area contributed by atoms with Crippen LogP contribution < -0.4 is 9.47 Å². The second-order valence-electron chi connectivity index (χ2n) is 5.98. The second kappa shape index (κ2) is 9.02. The summed E-state index contributed by atoms with van der Waals surface area (Å²) in [5.74, 6) is 0.798. The lowest BCUT2D eigenvalue weighted by atomic mass is 9.88. The summed E-state index contributed by atoms with van der Waals surface area (Å²) in [6, 6.07) is 9.94. The minimum atomic E-state index is -0.340. The molecule has 0 fully saturated rings. The third-order valence-corrected chi connectivity index (χ3v) is 3.95. The molecule has 0 aromatic heterocycles. The number of ether oxygens (including phenoxy) is 2. The summed E-state index contributed by atoms with van der Waals surface area (Å²) in [5, 5.41) is 18.2. The number of allylic oxidation sites excluding steroid dienone is 1. The predicted octanol–water partition coefficient (Wildman–Crippen LogP) is 4.53. The van der Waals surface area contributed by atoms with Gasteiger partial charge in [-0.3, -0.25) is 0 Å². The molecule has 1 N–H and O–H groups in total.